The summed E-state index contributed by atoms with van der Waals surface area (Å²) in [4.78, 5) is 36.6. The van der Waals surface area contributed by atoms with Crippen molar-refractivity contribution in [3.8, 4) is 68.1 Å². The lowest BCUT2D eigenvalue weighted by Gasteiger charge is -2.14. The zero-order chi connectivity index (χ0) is 36.0. The largest absolute Gasteiger partial charge is 0.383 e. The van der Waals surface area contributed by atoms with Gasteiger partial charge in [0, 0.05) is 32.3 Å². The SMILES string of the molecule is Nc1c2c(-c3ccc(Cl)cc3Cl)nc(=S)nc-2nc2nc(-c3ccccc3-c3nc4nc5nc(=S)nc(-c6ccc(Cl)cc6Cl)c-5c(N)n4[nH]3)[nH]n12. The number of nitrogens with two attached hydrogens (primary N) is 2. The minimum atomic E-state index is 0.0621. The second-order valence-electron chi connectivity index (χ2n) is 11.3. The molecule has 3 aromatic carbocycles. The van der Waals surface area contributed by atoms with Crippen molar-refractivity contribution in [1.82, 2.24) is 59.1 Å². The highest BCUT2D eigenvalue weighted by Crippen LogP contribution is 2.41. The van der Waals surface area contributed by atoms with Crippen LogP contribution in [0.25, 0.3) is 79.6 Å². The van der Waals surface area contributed by atoms with Crippen molar-refractivity contribution >= 4 is 94.0 Å². The van der Waals surface area contributed by atoms with Crippen molar-refractivity contribution in [3.63, 3.8) is 0 Å². The number of hydrogen-bond acceptors (Lipinski definition) is 12. The van der Waals surface area contributed by atoms with E-state index in [0.29, 0.717) is 76.5 Å². The number of nitrogens with zero attached hydrogens (tertiary/aromatic N) is 10. The summed E-state index contributed by atoms with van der Waals surface area (Å²) >= 11 is 36.2. The molecular formula is C32H16Cl4N14S2. The number of anilines is 2. The fraction of sp³-hybridized carbons (Fsp3) is 0. The molecule has 0 spiro atoms. The highest BCUT2D eigenvalue weighted by molar-refractivity contribution is 7.71. The van der Waals surface area contributed by atoms with E-state index in [4.69, 9.17) is 92.3 Å². The summed E-state index contributed by atoms with van der Waals surface area (Å²) < 4.78 is 3.18. The number of nitrogen functional groups attached to an aromatic ring is 2. The van der Waals surface area contributed by atoms with Gasteiger partial charge >= 0.3 is 0 Å². The topological polar surface area (TPSA) is 196 Å². The Morgan fingerprint density at radius 3 is 1.35 bits per heavy atom. The molecule has 9 rings (SSSR count). The lowest BCUT2D eigenvalue weighted by atomic mass is 10.1. The number of H-pyrrole nitrogens is 2. The van der Waals surface area contributed by atoms with Gasteiger partial charge in [0.1, 0.15) is 11.6 Å². The third kappa shape index (κ3) is 5.22. The number of hydrogen-bond donors (Lipinski definition) is 4. The molecule has 0 radical (unpaired) electrons. The normalized spacial score (nSPS) is 11.8. The number of rotatable bonds is 4. The van der Waals surface area contributed by atoms with Gasteiger partial charge < -0.3 is 11.5 Å². The van der Waals surface area contributed by atoms with Gasteiger partial charge in [-0.25, -0.2) is 19.0 Å². The van der Waals surface area contributed by atoms with Crippen molar-refractivity contribution < 1.29 is 0 Å². The molecule has 6 N–H and O–H groups in total. The fourth-order valence-electron chi connectivity index (χ4n) is 5.94. The molecule has 2 aromatic heterocycles. The van der Waals surface area contributed by atoms with E-state index in [2.05, 4.69) is 40.1 Å². The zero-order valence-electron chi connectivity index (χ0n) is 25.7. The summed E-state index contributed by atoms with van der Waals surface area (Å²) in [6.07, 6.45) is 0. The quantitative estimate of drug-likeness (QED) is 0.125. The van der Waals surface area contributed by atoms with Gasteiger partial charge in [-0.2, -0.15) is 29.9 Å². The first-order valence-corrected chi connectivity index (χ1v) is 17.3. The van der Waals surface area contributed by atoms with Gasteiger partial charge in [-0.1, -0.05) is 70.7 Å². The summed E-state index contributed by atoms with van der Waals surface area (Å²) in [6, 6.07) is 17.5. The van der Waals surface area contributed by atoms with Crippen LogP contribution in [0.1, 0.15) is 0 Å². The van der Waals surface area contributed by atoms with E-state index in [9.17, 15) is 0 Å². The molecule has 4 aliphatic rings. The second kappa shape index (κ2) is 12.1. The molecule has 0 fully saturated rings. The van der Waals surface area contributed by atoms with Crippen LogP contribution in [0.3, 0.4) is 0 Å². The van der Waals surface area contributed by atoms with Gasteiger partial charge in [0.25, 0.3) is 11.6 Å². The van der Waals surface area contributed by atoms with Crippen LogP contribution in [-0.2, 0) is 0 Å². The smallest absolute Gasteiger partial charge is 0.254 e. The van der Waals surface area contributed by atoms with Crippen LogP contribution in [0.15, 0.2) is 60.7 Å². The van der Waals surface area contributed by atoms with Crippen molar-refractivity contribution in [2.24, 2.45) is 0 Å². The van der Waals surface area contributed by atoms with Gasteiger partial charge in [-0.3, -0.25) is 10.2 Å². The van der Waals surface area contributed by atoms with Crippen molar-refractivity contribution in [3.05, 3.63) is 90.3 Å². The first-order valence-electron chi connectivity index (χ1n) is 15.0. The maximum Gasteiger partial charge on any atom is 0.254 e. The fourth-order valence-corrected chi connectivity index (χ4v) is 7.29. The number of fused-ring (bicyclic) bond motifs is 4. The monoisotopic (exact) mass is 800 g/mol. The van der Waals surface area contributed by atoms with E-state index in [1.54, 1.807) is 36.4 Å². The van der Waals surface area contributed by atoms with Crippen molar-refractivity contribution in [1.29, 1.82) is 0 Å². The summed E-state index contributed by atoms with van der Waals surface area (Å²) in [7, 11) is 0. The van der Waals surface area contributed by atoms with E-state index in [0.717, 1.165) is 0 Å². The molecule has 52 heavy (non-hydrogen) atoms. The molecule has 0 amide bonds. The molecule has 6 heterocycles. The van der Waals surface area contributed by atoms with Gasteiger partial charge in [0.2, 0.25) is 9.54 Å². The molecule has 0 unspecified atom stereocenters. The van der Waals surface area contributed by atoms with Gasteiger partial charge in [0.05, 0.1) is 32.6 Å². The minimum absolute atomic E-state index is 0.0621. The Balaban J connectivity index is 1.21. The Morgan fingerprint density at radius 2 is 0.942 bits per heavy atom. The van der Waals surface area contributed by atoms with Crippen LogP contribution >= 0.6 is 70.8 Å². The molecule has 0 saturated carbocycles. The van der Waals surface area contributed by atoms with Gasteiger partial charge in [-0.05, 0) is 60.8 Å². The predicted molar refractivity (Wildman–Crippen MR) is 205 cm³/mol. The van der Waals surface area contributed by atoms with E-state index in [1.807, 2.05) is 24.3 Å². The molecule has 5 aromatic rings. The highest BCUT2D eigenvalue weighted by Gasteiger charge is 2.26. The Bertz CT molecular complexity index is 2810. The average molecular weight is 803 g/mol. The van der Waals surface area contributed by atoms with Gasteiger partial charge in [-0.15, -0.1) is 0 Å². The van der Waals surface area contributed by atoms with E-state index in [-0.39, 0.29) is 44.4 Å². The molecule has 0 atom stereocenters. The number of nitrogens with one attached hydrogen (secondary N) is 2. The number of benzene rings is 3. The third-order valence-electron chi connectivity index (χ3n) is 8.21. The number of aromatic amines is 2. The Hall–Kier alpha value is -5.36. The van der Waals surface area contributed by atoms with Crippen LogP contribution in [0.5, 0.6) is 0 Å². The third-order valence-corrected chi connectivity index (χ3v) is 9.67. The molecule has 254 valence electrons. The maximum absolute atomic E-state index is 6.75. The number of aromatic nitrogens is 12. The Labute approximate surface area is 321 Å². The van der Waals surface area contributed by atoms with Crippen LogP contribution in [-0.4, -0.2) is 59.1 Å². The zero-order valence-corrected chi connectivity index (χ0v) is 30.4. The van der Waals surface area contributed by atoms with Crippen LogP contribution < -0.4 is 11.5 Å². The number of halogens is 4. The first kappa shape index (κ1) is 32.5. The van der Waals surface area contributed by atoms with Crippen molar-refractivity contribution in [2.45, 2.75) is 0 Å². The van der Waals surface area contributed by atoms with Crippen molar-refractivity contribution in [2.75, 3.05) is 11.5 Å². The highest BCUT2D eigenvalue weighted by atomic mass is 35.5. The molecule has 0 aliphatic carbocycles. The molecule has 20 heteroatoms. The first-order chi connectivity index (χ1) is 25.0. The summed E-state index contributed by atoms with van der Waals surface area (Å²) in [6.45, 7) is 0. The lowest BCUT2D eigenvalue weighted by Crippen LogP contribution is -2.09. The molecular weight excluding hydrogens is 786 g/mol. The van der Waals surface area contributed by atoms with E-state index >= 15 is 0 Å². The molecule has 4 aliphatic heterocycles. The van der Waals surface area contributed by atoms with Crippen LogP contribution in [0.4, 0.5) is 11.6 Å². The van der Waals surface area contributed by atoms with Crippen LogP contribution in [0.2, 0.25) is 20.1 Å². The summed E-state index contributed by atoms with van der Waals surface area (Å²) in [5.74, 6) is 2.26. The minimum Gasteiger partial charge on any atom is -0.383 e. The average Bonchev–Trinajstić information content (AvgIpc) is 3.73. The molecule has 0 bridgehead atoms. The Kier molecular flexibility index (Phi) is 7.58. The lowest BCUT2D eigenvalue weighted by molar-refractivity contribution is 0.938. The molecule has 0 saturated heterocycles. The Morgan fingerprint density at radius 1 is 0.519 bits per heavy atom. The second-order valence-corrected chi connectivity index (χ2v) is 13.7. The summed E-state index contributed by atoms with van der Waals surface area (Å²) in [5.41, 5.74) is 17.6. The van der Waals surface area contributed by atoms with Crippen LogP contribution in [0, 0.1) is 9.54 Å². The predicted octanol–water partition coefficient (Wildman–Crippen LogP) is 8.12. The standard InChI is InChI=1S/C32H16Cl4N14S2/c33-11-5-7-15(17(35)9-11)21-19-23(37)49-29(43-27(19)45-31(51)39-21)41-25(47-49)13-3-1-2-4-14(13)26-42-30-44-28-20(24(38)50(30)48-26)22(40-32(52)46-28)16-8-6-12(34)10-18(16)36/h1-10H,37-38H2,(H,41,43,45,47,51)(H,42,44,46,48,52). The van der Waals surface area contributed by atoms with E-state index in [1.165, 1.54) is 9.03 Å². The summed E-state index contributed by atoms with van der Waals surface area (Å²) in [5, 5.41) is 8.16. The molecule has 14 nitrogen and oxygen atoms in total. The maximum atomic E-state index is 6.75. The van der Waals surface area contributed by atoms with E-state index < -0.39 is 0 Å². The van der Waals surface area contributed by atoms with Gasteiger partial charge in [0.15, 0.2) is 23.3 Å².